The van der Waals surface area contributed by atoms with E-state index in [1.165, 1.54) is 12.1 Å². The van der Waals surface area contributed by atoms with Crippen LogP contribution in [0.15, 0.2) is 24.3 Å². The Morgan fingerprint density at radius 3 is 3.14 bits per heavy atom. The Bertz CT molecular complexity index is 461. The molecule has 116 valence electrons. The summed E-state index contributed by atoms with van der Waals surface area (Å²) in [6.45, 7) is 4.30. The van der Waals surface area contributed by atoms with Crippen LogP contribution in [0.25, 0.3) is 0 Å². The molecule has 1 aromatic rings. The maximum absolute atomic E-state index is 13.0. The van der Waals surface area contributed by atoms with Crippen LogP contribution in [-0.2, 0) is 4.79 Å². The average Bonchev–Trinajstić information content (AvgIpc) is 2.96. The Morgan fingerprint density at radius 2 is 2.43 bits per heavy atom. The number of ether oxygens (including phenoxy) is 1. The summed E-state index contributed by atoms with van der Waals surface area (Å²) in [6.07, 6.45) is 2.64. The smallest absolute Gasteiger partial charge is 0.220 e. The predicted octanol–water partition coefficient (Wildman–Crippen LogP) is 2.10. The maximum Gasteiger partial charge on any atom is 0.220 e. The van der Waals surface area contributed by atoms with E-state index in [2.05, 4.69) is 10.6 Å². The number of rotatable bonds is 7. The number of amides is 1. The fourth-order valence-electron chi connectivity index (χ4n) is 2.46. The number of benzene rings is 1. The topological polar surface area (TPSA) is 50.4 Å². The first-order valence-electron chi connectivity index (χ1n) is 7.52. The first-order chi connectivity index (χ1) is 10.1. The summed E-state index contributed by atoms with van der Waals surface area (Å²) in [5.41, 5.74) is 0. The van der Waals surface area contributed by atoms with E-state index in [1.54, 1.807) is 12.1 Å². The Morgan fingerprint density at radius 1 is 1.57 bits per heavy atom. The molecule has 0 aromatic heterocycles. The first kappa shape index (κ1) is 15.8. The van der Waals surface area contributed by atoms with Gasteiger partial charge in [0.15, 0.2) is 0 Å². The normalized spacial score (nSPS) is 19.2. The van der Waals surface area contributed by atoms with Crippen LogP contribution in [0, 0.1) is 11.7 Å². The molecule has 1 fully saturated rings. The van der Waals surface area contributed by atoms with Gasteiger partial charge in [-0.3, -0.25) is 4.79 Å². The van der Waals surface area contributed by atoms with Gasteiger partial charge in [0.2, 0.25) is 5.91 Å². The van der Waals surface area contributed by atoms with Crippen molar-refractivity contribution in [1.29, 1.82) is 0 Å². The van der Waals surface area contributed by atoms with E-state index in [-0.39, 0.29) is 17.8 Å². The van der Waals surface area contributed by atoms with Crippen LogP contribution >= 0.6 is 0 Å². The van der Waals surface area contributed by atoms with Crippen molar-refractivity contribution in [2.24, 2.45) is 5.92 Å². The van der Waals surface area contributed by atoms with E-state index in [0.29, 0.717) is 24.7 Å². The molecule has 0 bridgehead atoms. The van der Waals surface area contributed by atoms with Crippen molar-refractivity contribution >= 4 is 5.91 Å². The molecule has 1 aromatic carbocycles. The summed E-state index contributed by atoms with van der Waals surface area (Å²) < 4.78 is 18.5. The van der Waals surface area contributed by atoms with Gasteiger partial charge < -0.3 is 15.4 Å². The highest BCUT2D eigenvalue weighted by molar-refractivity contribution is 5.76. The lowest BCUT2D eigenvalue weighted by atomic mass is 10.0. The van der Waals surface area contributed by atoms with Gasteiger partial charge in [-0.25, -0.2) is 4.39 Å². The van der Waals surface area contributed by atoms with Crippen LogP contribution in [0.4, 0.5) is 4.39 Å². The summed E-state index contributed by atoms with van der Waals surface area (Å²) in [5.74, 6) is 0.828. The van der Waals surface area contributed by atoms with Gasteiger partial charge in [-0.05, 0) is 50.9 Å². The zero-order valence-electron chi connectivity index (χ0n) is 12.4. The third-order valence-electron chi connectivity index (χ3n) is 3.65. The second-order valence-corrected chi connectivity index (χ2v) is 5.63. The van der Waals surface area contributed by atoms with Gasteiger partial charge in [0, 0.05) is 12.5 Å². The Kier molecular flexibility index (Phi) is 5.99. The average molecular weight is 294 g/mol. The lowest BCUT2D eigenvalue weighted by molar-refractivity contribution is -0.122. The van der Waals surface area contributed by atoms with E-state index < -0.39 is 0 Å². The number of carbonyl (C=O) groups is 1. The van der Waals surface area contributed by atoms with Crippen molar-refractivity contribution < 1.29 is 13.9 Å². The standard InChI is InChI=1S/C16H23FN2O2/c1-12(11-21-15-4-2-3-14(17)9-15)19-16(20)6-5-13-7-8-18-10-13/h2-4,9,12-13,18H,5-8,10-11H2,1H3,(H,19,20). The molecule has 0 aliphatic carbocycles. The molecule has 5 heteroatoms. The van der Waals surface area contributed by atoms with Gasteiger partial charge >= 0.3 is 0 Å². The van der Waals surface area contributed by atoms with Crippen molar-refractivity contribution in [3.05, 3.63) is 30.1 Å². The van der Waals surface area contributed by atoms with Gasteiger partial charge in [-0.15, -0.1) is 0 Å². The van der Waals surface area contributed by atoms with E-state index in [1.807, 2.05) is 6.92 Å². The first-order valence-corrected chi connectivity index (χ1v) is 7.52. The third-order valence-corrected chi connectivity index (χ3v) is 3.65. The highest BCUT2D eigenvalue weighted by atomic mass is 19.1. The summed E-state index contributed by atoms with van der Waals surface area (Å²) in [7, 11) is 0. The molecule has 0 radical (unpaired) electrons. The maximum atomic E-state index is 13.0. The Labute approximate surface area is 125 Å². The molecule has 0 spiro atoms. The predicted molar refractivity (Wildman–Crippen MR) is 79.7 cm³/mol. The van der Waals surface area contributed by atoms with E-state index in [0.717, 1.165) is 25.9 Å². The van der Waals surface area contributed by atoms with Gasteiger partial charge in [0.05, 0.1) is 6.04 Å². The van der Waals surface area contributed by atoms with Crippen molar-refractivity contribution in [2.75, 3.05) is 19.7 Å². The molecule has 1 heterocycles. The van der Waals surface area contributed by atoms with E-state index in [9.17, 15) is 9.18 Å². The molecule has 21 heavy (non-hydrogen) atoms. The number of nitrogens with one attached hydrogen (secondary N) is 2. The Hall–Kier alpha value is -1.62. The second kappa shape index (κ2) is 7.98. The third kappa shape index (κ3) is 5.71. The molecule has 2 N–H and O–H groups in total. The molecule has 1 saturated heterocycles. The lowest BCUT2D eigenvalue weighted by Gasteiger charge is -2.16. The minimum absolute atomic E-state index is 0.0530. The van der Waals surface area contributed by atoms with Crippen LogP contribution in [0.1, 0.15) is 26.2 Å². The van der Waals surface area contributed by atoms with Gasteiger partial charge in [0.25, 0.3) is 0 Å². The summed E-state index contributed by atoms with van der Waals surface area (Å²) >= 11 is 0. The van der Waals surface area contributed by atoms with Crippen LogP contribution in [0.2, 0.25) is 0 Å². The second-order valence-electron chi connectivity index (χ2n) is 5.63. The zero-order valence-corrected chi connectivity index (χ0v) is 12.4. The molecule has 2 unspecified atom stereocenters. The molecule has 2 rings (SSSR count). The molecular formula is C16H23FN2O2. The highest BCUT2D eigenvalue weighted by Crippen LogP contribution is 2.14. The minimum Gasteiger partial charge on any atom is -0.491 e. The van der Waals surface area contributed by atoms with Crippen LogP contribution in [0.3, 0.4) is 0 Å². The van der Waals surface area contributed by atoms with Gasteiger partial charge in [-0.2, -0.15) is 0 Å². The SMILES string of the molecule is CC(COc1cccc(F)c1)NC(=O)CCC1CCNC1. The van der Waals surface area contributed by atoms with Crippen LogP contribution < -0.4 is 15.4 Å². The van der Waals surface area contributed by atoms with Crippen molar-refractivity contribution in [1.82, 2.24) is 10.6 Å². The molecule has 4 nitrogen and oxygen atoms in total. The molecular weight excluding hydrogens is 271 g/mol. The number of hydrogen-bond acceptors (Lipinski definition) is 3. The fraction of sp³-hybridized carbons (Fsp3) is 0.562. The lowest BCUT2D eigenvalue weighted by Crippen LogP contribution is -2.36. The molecule has 1 aliphatic rings. The fourth-order valence-corrected chi connectivity index (χ4v) is 2.46. The number of carbonyl (C=O) groups excluding carboxylic acids is 1. The summed E-state index contributed by atoms with van der Waals surface area (Å²) in [6, 6.07) is 5.91. The quantitative estimate of drug-likeness (QED) is 0.809. The molecule has 1 aliphatic heterocycles. The molecule has 2 atom stereocenters. The van der Waals surface area contributed by atoms with E-state index >= 15 is 0 Å². The van der Waals surface area contributed by atoms with Crippen molar-refractivity contribution in [3.63, 3.8) is 0 Å². The Balaban J connectivity index is 1.64. The van der Waals surface area contributed by atoms with Crippen LogP contribution in [-0.4, -0.2) is 31.6 Å². The highest BCUT2D eigenvalue weighted by Gasteiger charge is 2.16. The van der Waals surface area contributed by atoms with E-state index in [4.69, 9.17) is 4.74 Å². The number of halogens is 1. The van der Waals surface area contributed by atoms with Crippen molar-refractivity contribution in [3.8, 4) is 5.75 Å². The summed E-state index contributed by atoms with van der Waals surface area (Å²) in [4.78, 5) is 11.8. The van der Waals surface area contributed by atoms with Gasteiger partial charge in [0.1, 0.15) is 18.2 Å². The van der Waals surface area contributed by atoms with Crippen molar-refractivity contribution in [2.45, 2.75) is 32.2 Å². The molecule has 0 saturated carbocycles. The largest absolute Gasteiger partial charge is 0.491 e. The number of hydrogen-bond donors (Lipinski definition) is 2. The minimum atomic E-state index is -0.325. The van der Waals surface area contributed by atoms with Crippen LogP contribution in [0.5, 0.6) is 5.75 Å². The zero-order chi connectivity index (χ0) is 15.1. The van der Waals surface area contributed by atoms with Gasteiger partial charge in [-0.1, -0.05) is 6.07 Å². The molecule has 1 amide bonds. The summed E-state index contributed by atoms with van der Waals surface area (Å²) in [5, 5.41) is 6.21. The monoisotopic (exact) mass is 294 g/mol.